The molecule has 3 N–H and O–H groups in total. The topological polar surface area (TPSA) is 80.9 Å². The fraction of sp³-hybridized carbons (Fsp3) is 0. The Kier molecular flexibility index (Phi) is 2.77. The minimum absolute atomic E-state index is 0.411. The molecule has 1 amide bonds. The summed E-state index contributed by atoms with van der Waals surface area (Å²) >= 11 is 0. The van der Waals surface area contributed by atoms with Crippen molar-refractivity contribution in [1.29, 1.82) is 0 Å². The third-order valence-electron chi connectivity index (χ3n) is 1.97. The van der Waals surface area contributed by atoms with E-state index in [0.29, 0.717) is 17.2 Å². The number of nitrogens with zero attached hydrogens (tertiary/aromatic N) is 2. The Bertz CT molecular complexity index is 498. The number of carbonyl (C=O) groups is 1. The lowest BCUT2D eigenvalue weighted by Gasteiger charge is -2.04. The Morgan fingerprint density at radius 3 is 2.62 bits per heavy atom. The molecule has 0 radical (unpaired) electrons. The van der Waals surface area contributed by atoms with Crippen LogP contribution in [0.3, 0.4) is 0 Å². The molecule has 0 aliphatic rings. The van der Waals surface area contributed by atoms with Crippen molar-refractivity contribution in [2.24, 2.45) is 5.73 Å². The average Bonchev–Trinajstić information content (AvgIpc) is 2.30. The maximum absolute atomic E-state index is 11.0. The van der Waals surface area contributed by atoms with Crippen LogP contribution < -0.4 is 11.1 Å². The van der Waals surface area contributed by atoms with Crippen LogP contribution in [0.2, 0.25) is 0 Å². The van der Waals surface area contributed by atoms with Gasteiger partial charge < -0.3 is 11.1 Å². The molecular weight excluding hydrogens is 204 g/mol. The molecular formula is C11H10N4O. The molecule has 2 aromatic rings. The summed E-state index contributed by atoms with van der Waals surface area (Å²) < 4.78 is 0. The number of anilines is 2. The summed E-state index contributed by atoms with van der Waals surface area (Å²) in [6.45, 7) is 0. The van der Waals surface area contributed by atoms with E-state index in [1.165, 1.54) is 6.20 Å². The number of nitrogens with one attached hydrogen (secondary N) is 1. The number of amides is 1. The second-order valence-corrected chi connectivity index (χ2v) is 3.13. The first-order valence-corrected chi connectivity index (χ1v) is 4.69. The molecule has 5 nitrogen and oxygen atoms in total. The van der Waals surface area contributed by atoms with Crippen LogP contribution in [-0.2, 0) is 0 Å². The zero-order valence-electron chi connectivity index (χ0n) is 8.42. The molecule has 5 heteroatoms. The lowest BCUT2D eigenvalue weighted by atomic mass is 10.2. The Balaban J connectivity index is 2.22. The zero-order valence-corrected chi connectivity index (χ0v) is 8.42. The standard InChI is InChI=1S/C11H10N4O/c12-11(16)8-4-6-14-10(7-8)15-9-3-1-2-5-13-9/h1-7H,(H2,12,16)(H,13,14,15). The highest BCUT2D eigenvalue weighted by atomic mass is 16.1. The van der Waals surface area contributed by atoms with Crippen molar-refractivity contribution < 1.29 is 4.79 Å². The van der Waals surface area contributed by atoms with Crippen LogP contribution in [0, 0.1) is 0 Å². The van der Waals surface area contributed by atoms with E-state index in [0.717, 1.165) is 0 Å². The van der Waals surface area contributed by atoms with Gasteiger partial charge in [-0.3, -0.25) is 4.79 Å². The first kappa shape index (κ1) is 10.1. The van der Waals surface area contributed by atoms with E-state index in [2.05, 4.69) is 15.3 Å². The lowest BCUT2D eigenvalue weighted by molar-refractivity contribution is 0.1000. The molecule has 16 heavy (non-hydrogen) atoms. The van der Waals surface area contributed by atoms with Crippen molar-refractivity contribution in [3.8, 4) is 0 Å². The molecule has 0 saturated carbocycles. The maximum Gasteiger partial charge on any atom is 0.248 e. The van der Waals surface area contributed by atoms with Gasteiger partial charge in [-0.25, -0.2) is 9.97 Å². The normalized spacial score (nSPS) is 9.75. The highest BCUT2D eigenvalue weighted by molar-refractivity contribution is 5.93. The van der Waals surface area contributed by atoms with Crippen molar-refractivity contribution >= 4 is 17.5 Å². The van der Waals surface area contributed by atoms with Crippen LogP contribution in [0.25, 0.3) is 0 Å². The summed E-state index contributed by atoms with van der Waals surface area (Å²) in [5.41, 5.74) is 5.58. The zero-order chi connectivity index (χ0) is 11.4. The molecule has 0 bridgehead atoms. The van der Waals surface area contributed by atoms with Crippen LogP contribution in [0.5, 0.6) is 0 Å². The predicted molar refractivity (Wildman–Crippen MR) is 60.3 cm³/mol. The molecule has 0 spiro atoms. The van der Waals surface area contributed by atoms with E-state index in [1.54, 1.807) is 24.4 Å². The van der Waals surface area contributed by atoms with Gasteiger partial charge in [0.25, 0.3) is 0 Å². The van der Waals surface area contributed by atoms with Gasteiger partial charge >= 0.3 is 0 Å². The van der Waals surface area contributed by atoms with Gasteiger partial charge in [0.05, 0.1) is 0 Å². The van der Waals surface area contributed by atoms with Crippen LogP contribution >= 0.6 is 0 Å². The van der Waals surface area contributed by atoms with Gasteiger partial charge in [-0.05, 0) is 24.3 Å². The highest BCUT2D eigenvalue weighted by Crippen LogP contribution is 2.12. The number of primary amides is 1. The van der Waals surface area contributed by atoms with Gasteiger partial charge in [-0.2, -0.15) is 0 Å². The molecule has 2 heterocycles. The van der Waals surface area contributed by atoms with Crippen LogP contribution in [0.1, 0.15) is 10.4 Å². The smallest absolute Gasteiger partial charge is 0.248 e. The number of pyridine rings is 2. The summed E-state index contributed by atoms with van der Waals surface area (Å²) in [5, 5.41) is 2.97. The van der Waals surface area contributed by atoms with Crippen LogP contribution in [0.15, 0.2) is 42.7 Å². The van der Waals surface area contributed by atoms with E-state index in [-0.39, 0.29) is 0 Å². The number of carbonyl (C=O) groups excluding carboxylic acids is 1. The molecule has 0 atom stereocenters. The van der Waals surface area contributed by atoms with Gasteiger partial charge in [0.1, 0.15) is 11.6 Å². The SMILES string of the molecule is NC(=O)c1ccnc(Nc2ccccn2)c1. The van der Waals surface area contributed by atoms with E-state index >= 15 is 0 Å². The highest BCUT2D eigenvalue weighted by Gasteiger charge is 2.02. The second-order valence-electron chi connectivity index (χ2n) is 3.13. The third-order valence-corrected chi connectivity index (χ3v) is 1.97. The van der Waals surface area contributed by atoms with Gasteiger partial charge in [0.2, 0.25) is 5.91 Å². The van der Waals surface area contributed by atoms with E-state index < -0.39 is 5.91 Å². The molecule has 0 aliphatic heterocycles. The van der Waals surface area contributed by atoms with Gasteiger partial charge in [0, 0.05) is 18.0 Å². The summed E-state index contributed by atoms with van der Waals surface area (Å²) in [4.78, 5) is 19.1. The summed E-state index contributed by atoms with van der Waals surface area (Å²) in [7, 11) is 0. The quantitative estimate of drug-likeness (QED) is 0.807. The number of aromatic nitrogens is 2. The number of rotatable bonds is 3. The second kappa shape index (κ2) is 4.39. The Morgan fingerprint density at radius 1 is 1.12 bits per heavy atom. The summed E-state index contributed by atoms with van der Waals surface area (Å²) in [6.07, 6.45) is 3.19. The number of hydrogen-bond donors (Lipinski definition) is 2. The fourth-order valence-electron chi connectivity index (χ4n) is 1.22. The molecule has 0 aliphatic carbocycles. The molecule has 80 valence electrons. The van der Waals surface area contributed by atoms with E-state index in [4.69, 9.17) is 5.73 Å². The molecule has 0 unspecified atom stereocenters. The average molecular weight is 214 g/mol. The first-order chi connectivity index (χ1) is 7.75. The van der Waals surface area contributed by atoms with E-state index in [9.17, 15) is 4.79 Å². The number of nitrogens with two attached hydrogens (primary N) is 1. The third kappa shape index (κ3) is 2.33. The Hall–Kier alpha value is -2.43. The lowest BCUT2D eigenvalue weighted by Crippen LogP contribution is -2.11. The molecule has 0 aromatic carbocycles. The largest absolute Gasteiger partial charge is 0.366 e. The minimum atomic E-state index is -0.480. The summed E-state index contributed by atoms with van der Waals surface area (Å²) in [6, 6.07) is 8.62. The molecule has 0 fully saturated rings. The van der Waals surface area contributed by atoms with Crippen molar-refractivity contribution in [1.82, 2.24) is 9.97 Å². The molecule has 0 saturated heterocycles. The van der Waals surface area contributed by atoms with Gasteiger partial charge in [-0.15, -0.1) is 0 Å². The van der Waals surface area contributed by atoms with Crippen LogP contribution in [-0.4, -0.2) is 15.9 Å². The van der Waals surface area contributed by atoms with Crippen molar-refractivity contribution in [2.45, 2.75) is 0 Å². The Morgan fingerprint density at radius 2 is 1.94 bits per heavy atom. The molecule has 2 rings (SSSR count). The van der Waals surface area contributed by atoms with E-state index in [1.807, 2.05) is 12.1 Å². The summed E-state index contributed by atoms with van der Waals surface area (Å²) in [5.74, 6) is 0.720. The minimum Gasteiger partial charge on any atom is -0.366 e. The Labute approximate surface area is 92.3 Å². The number of hydrogen-bond acceptors (Lipinski definition) is 4. The first-order valence-electron chi connectivity index (χ1n) is 4.69. The van der Waals surface area contributed by atoms with Crippen molar-refractivity contribution in [3.63, 3.8) is 0 Å². The fourth-order valence-corrected chi connectivity index (χ4v) is 1.22. The predicted octanol–water partition coefficient (Wildman–Crippen LogP) is 1.32. The maximum atomic E-state index is 11.0. The van der Waals surface area contributed by atoms with Crippen molar-refractivity contribution in [2.75, 3.05) is 5.32 Å². The monoisotopic (exact) mass is 214 g/mol. The van der Waals surface area contributed by atoms with Gasteiger partial charge in [0.15, 0.2) is 0 Å². The molecule has 2 aromatic heterocycles. The van der Waals surface area contributed by atoms with Gasteiger partial charge in [-0.1, -0.05) is 6.07 Å². The van der Waals surface area contributed by atoms with Crippen LogP contribution in [0.4, 0.5) is 11.6 Å². The van der Waals surface area contributed by atoms with Crippen molar-refractivity contribution in [3.05, 3.63) is 48.3 Å².